The molecule has 1 aliphatic rings. The molecule has 4 nitrogen and oxygen atoms in total. The SMILES string of the molecule is CC(C)CCNC(=O)CN(CC(N)=S)C1CCCC1. The van der Waals surface area contributed by atoms with E-state index in [0.717, 1.165) is 25.8 Å². The molecule has 110 valence electrons. The zero-order valence-electron chi connectivity index (χ0n) is 12.2. The van der Waals surface area contributed by atoms with Crippen LogP contribution in [0.1, 0.15) is 46.0 Å². The molecule has 1 saturated carbocycles. The predicted molar refractivity (Wildman–Crippen MR) is 83.1 cm³/mol. The number of hydrogen-bond acceptors (Lipinski definition) is 3. The van der Waals surface area contributed by atoms with Crippen molar-refractivity contribution in [2.75, 3.05) is 19.6 Å². The molecule has 0 aromatic rings. The molecule has 1 rings (SSSR count). The third-order valence-corrected chi connectivity index (χ3v) is 3.72. The standard InChI is InChI=1S/C14H27N3OS/c1-11(2)7-8-16-14(18)10-17(9-13(15)19)12-5-3-4-6-12/h11-12H,3-10H2,1-2H3,(H2,15,19)(H,16,18). The molecule has 0 aliphatic heterocycles. The van der Waals surface area contributed by atoms with E-state index < -0.39 is 0 Å². The third kappa shape index (κ3) is 6.87. The molecule has 3 N–H and O–H groups in total. The van der Waals surface area contributed by atoms with Crippen LogP contribution < -0.4 is 11.1 Å². The molecule has 1 aliphatic carbocycles. The smallest absolute Gasteiger partial charge is 0.234 e. The van der Waals surface area contributed by atoms with Crippen LogP contribution in [0.25, 0.3) is 0 Å². The Bertz CT molecular complexity index is 301. The summed E-state index contributed by atoms with van der Waals surface area (Å²) in [6.45, 7) is 6.04. The summed E-state index contributed by atoms with van der Waals surface area (Å²) in [5.74, 6) is 0.701. The maximum Gasteiger partial charge on any atom is 0.234 e. The Morgan fingerprint density at radius 1 is 1.37 bits per heavy atom. The predicted octanol–water partition coefficient (Wildman–Crippen LogP) is 1.68. The first-order valence-corrected chi connectivity index (χ1v) is 7.69. The van der Waals surface area contributed by atoms with Gasteiger partial charge in [0, 0.05) is 19.1 Å². The summed E-state index contributed by atoms with van der Waals surface area (Å²) in [6, 6.07) is 0.470. The van der Waals surface area contributed by atoms with Gasteiger partial charge in [0.1, 0.15) is 0 Å². The number of rotatable bonds is 8. The van der Waals surface area contributed by atoms with Crippen molar-refractivity contribution in [3.05, 3.63) is 0 Å². The second kappa shape index (κ2) is 8.48. The lowest BCUT2D eigenvalue weighted by Crippen LogP contribution is -2.45. The van der Waals surface area contributed by atoms with Crippen molar-refractivity contribution in [2.45, 2.75) is 52.0 Å². The van der Waals surface area contributed by atoms with Gasteiger partial charge in [0.2, 0.25) is 5.91 Å². The lowest BCUT2D eigenvalue weighted by atomic mass is 10.1. The second-order valence-corrected chi connectivity index (χ2v) is 6.37. The molecule has 0 heterocycles. The Labute approximate surface area is 122 Å². The van der Waals surface area contributed by atoms with Gasteiger partial charge in [-0.1, -0.05) is 38.9 Å². The number of nitrogens with two attached hydrogens (primary N) is 1. The Kier molecular flexibility index (Phi) is 7.31. The molecule has 5 heteroatoms. The Hall–Kier alpha value is -0.680. The van der Waals surface area contributed by atoms with Gasteiger partial charge in [-0.25, -0.2) is 0 Å². The topological polar surface area (TPSA) is 58.4 Å². The number of nitrogens with zero attached hydrogens (tertiary/aromatic N) is 1. The molecule has 0 bridgehead atoms. The highest BCUT2D eigenvalue weighted by molar-refractivity contribution is 7.80. The molecule has 1 fully saturated rings. The number of thiocarbonyl (C=S) groups is 1. The zero-order valence-corrected chi connectivity index (χ0v) is 13.0. The zero-order chi connectivity index (χ0) is 14.3. The second-order valence-electron chi connectivity index (χ2n) is 5.84. The number of carbonyl (C=O) groups is 1. The largest absolute Gasteiger partial charge is 0.392 e. The average Bonchev–Trinajstić information content (AvgIpc) is 2.80. The normalized spacial score (nSPS) is 16.2. The summed E-state index contributed by atoms with van der Waals surface area (Å²) in [6.07, 6.45) is 5.81. The number of carbonyl (C=O) groups excluding carboxylic acids is 1. The maximum absolute atomic E-state index is 11.9. The average molecular weight is 285 g/mol. The molecule has 0 atom stereocenters. The van der Waals surface area contributed by atoms with Crippen molar-refractivity contribution in [3.8, 4) is 0 Å². The van der Waals surface area contributed by atoms with Crippen molar-refractivity contribution in [3.63, 3.8) is 0 Å². The van der Waals surface area contributed by atoms with Crippen LogP contribution in [0, 0.1) is 5.92 Å². The molecular weight excluding hydrogens is 258 g/mol. The molecule has 0 spiro atoms. The van der Waals surface area contributed by atoms with E-state index in [1.807, 2.05) is 0 Å². The van der Waals surface area contributed by atoms with Gasteiger partial charge in [0.05, 0.1) is 11.5 Å². The van der Waals surface area contributed by atoms with Crippen LogP contribution >= 0.6 is 12.2 Å². The van der Waals surface area contributed by atoms with Gasteiger partial charge in [-0.2, -0.15) is 0 Å². The summed E-state index contributed by atoms with van der Waals surface area (Å²) >= 11 is 4.99. The van der Waals surface area contributed by atoms with Crippen molar-refractivity contribution < 1.29 is 4.79 Å². The van der Waals surface area contributed by atoms with Crippen LogP contribution in [0.5, 0.6) is 0 Å². The molecule has 0 aromatic heterocycles. The fraction of sp³-hybridized carbons (Fsp3) is 0.857. The molecular formula is C14H27N3OS. The van der Waals surface area contributed by atoms with Gasteiger partial charge < -0.3 is 11.1 Å². The van der Waals surface area contributed by atoms with Crippen molar-refractivity contribution >= 4 is 23.1 Å². The number of amides is 1. The fourth-order valence-corrected chi connectivity index (χ4v) is 2.69. The third-order valence-electron chi connectivity index (χ3n) is 3.59. The molecule has 0 unspecified atom stereocenters. The minimum absolute atomic E-state index is 0.0869. The summed E-state index contributed by atoms with van der Waals surface area (Å²) in [7, 11) is 0. The van der Waals surface area contributed by atoms with Crippen LogP contribution in [0.15, 0.2) is 0 Å². The van der Waals surface area contributed by atoms with E-state index in [9.17, 15) is 4.79 Å². The Balaban J connectivity index is 2.38. The molecule has 19 heavy (non-hydrogen) atoms. The monoisotopic (exact) mass is 285 g/mol. The van der Waals surface area contributed by atoms with E-state index in [0.29, 0.717) is 30.0 Å². The summed E-state index contributed by atoms with van der Waals surface area (Å²) in [5.41, 5.74) is 5.63. The maximum atomic E-state index is 11.9. The van der Waals surface area contributed by atoms with Gasteiger partial charge in [-0.15, -0.1) is 0 Å². The first kappa shape index (κ1) is 16.4. The number of hydrogen-bond donors (Lipinski definition) is 2. The molecule has 0 saturated heterocycles. The van der Waals surface area contributed by atoms with E-state index in [4.69, 9.17) is 18.0 Å². The van der Waals surface area contributed by atoms with E-state index in [1.54, 1.807) is 0 Å². The van der Waals surface area contributed by atoms with Crippen LogP contribution in [-0.4, -0.2) is 41.5 Å². The van der Waals surface area contributed by atoms with Crippen LogP contribution in [-0.2, 0) is 4.79 Å². The van der Waals surface area contributed by atoms with Crippen molar-refractivity contribution in [1.29, 1.82) is 0 Å². The summed E-state index contributed by atoms with van der Waals surface area (Å²) in [5, 5.41) is 2.98. The Morgan fingerprint density at radius 3 is 2.53 bits per heavy atom. The van der Waals surface area contributed by atoms with Crippen LogP contribution in [0.2, 0.25) is 0 Å². The molecule has 1 amide bonds. The van der Waals surface area contributed by atoms with Crippen molar-refractivity contribution in [1.82, 2.24) is 10.2 Å². The van der Waals surface area contributed by atoms with Gasteiger partial charge >= 0.3 is 0 Å². The first-order chi connectivity index (χ1) is 8.99. The van der Waals surface area contributed by atoms with E-state index in [-0.39, 0.29) is 5.91 Å². The number of nitrogens with one attached hydrogen (secondary N) is 1. The lowest BCUT2D eigenvalue weighted by molar-refractivity contribution is -0.122. The Morgan fingerprint density at radius 2 is 2.00 bits per heavy atom. The first-order valence-electron chi connectivity index (χ1n) is 7.28. The highest BCUT2D eigenvalue weighted by Gasteiger charge is 2.24. The minimum Gasteiger partial charge on any atom is -0.392 e. The fourth-order valence-electron chi connectivity index (χ4n) is 2.52. The molecule has 0 radical (unpaired) electrons. The van der Waals surface area contributed by atoms with Crippen molar-refractivity contribution in [2.24, 2.45) is 11.7 Å². The van der Waals surface area contributed by atoms with E-state index in [2.05, 4.69) is 24.1 Å². The summed E-state index contributed by atoms with van der Waals surface area (Å²) < 4.78 is 0. The highest BCUT2D eigenvalue weighted by Crippen LogP contribution is 2.23. The highest BCUT2D eigenvalue weighted by atomic mass is 32.1. The lowest BCUT2D eigenvalue weighted by Gasteiger charge is -2.27. The quantitative estimate of drug-likeness (QED) is 0.666. The van der Waals surface area contributed by atoms with Crippen LogP contribution in [0.3, 0.4) is 0 Å². The summed E-state index contributed by atoms with van der Waals surface area (Å²) in [4.78, 5) is 14.5. The van der Waals surface area contributed by atoms with Gasteiger partial charge in [0.15, 0.2) is 0 Å². The molecule has 0 aromatic carbocycles. The van der Waals surface area contributed by atoms with Gasteiger partial charge in [-0.05, 0) is 25.2 Å². The minimum atomic E-state index is 0.0869. The van der Waals surface area contributed by atoms with Crippen LogP contribution in [0.4, 0.5) is 0 Å². The van der Waals surface area contributed by atoms with Gasteiger partial charge in [0.25, 0.3) is 0 Å². The van der Waals surface area contributed by atoms with E-state index in [1.165, 1.54) is 12.8 Å². The van der Waals surface area contributed by atoms with E-state index >= 15 is 0 Å². The van der Waals surface area contributed by atoms with Gasteiger partial charge in [-0.3, -0.25) is 9.69 Å².